The van der Waals surface area contributed by atoms with Crippen molar-refractivity contribution in [2.24, 2.45) is 0 Å². The molecule has 0 aliphatic heterocycles. The second kappa shape index (κ2) is 10.0. The Bertz CT molecular complexity index is 1580. The Hall–Kier alpha value is -3.47. The van der Waals surface area contributed by atoms with Gasteiger partial charge in [0.1, 0.15) is 4.21 Å². The van der Waals surface area contributed by atoms with E-state index in [1.165, 1.54) is 17.5 Å². The molecule has 3 aromatic carbocycles. The number of rotatable bonds is 9. The summed E-state index contributed by atoms with van der Waals surface area (Å²) < 4.78 is 53.8. The number of hydrogen-bond donors (Lipinski definition) is 2. The van der Waals surface area contributed by atoms with Gasteiger partial charge in [-0.2, -0.15) is 0 Å². The van der Waals surface area contributed by atoms with Crippen molar-refractivity contribution < 1.29 is 26.7 Å². The molecule has 0 radical (unpaired) electrons. The molecule has 2 N–H and O–H groups in total. The zero-order chi connectivity index (χ0) is 25.1. The van der Waals surface area contributed by atoms with E-state index in [1.54, 1.807) is 60.7 Å². The molecule has 0 saturated heterocycles. The fourth-order valence-electron chi connectivity index (χ4n) is 3.54. The highest BCUT2D eigenvalue weighted by Crippen LogP contribution is 2.29. The van der Waals surface area contributed by atoms with Gasteiger partial charge in [0.15, 0.2) is 0 Å². The summed E-state index contributed by atoms with van der Waals surface area (Å²) in [5.41, 5.74) is 2.08. The molecule has 0 unspecified atom stereocenters. The highest BCUT2D eigenvalue weighted by atomic mass is 32.2. The number of benzene rings is 3. The fraction of sp³-hybridized carbons (Fsp3) is 0.0800. The van der Waals surface area contributed by atoms with Gasteiger partial charge < -0.3 is 5.11 Å². The highest BCUT2D eigenvalue weighted by molar-refractivity contribution is 7.95. The molecule has 0 aliphatic rings. The van der Waals surface area contributed by atoms with E-state index < -0.39 is 25.8 Å². The Balaban J connectivity index is 1.50. The molecule has 0 bridgehead atoms. The zero-order valence-corrected chi connectivity index (χ0v) is 20.7. The van der Waals surface area contributed by atoms with Gasteiger partial charge >= 0.3 is 5.97 Å². The topological polar surface area (TPSA) is 118 Å². The number of hydrogen-bond acceptors (Lipinski definition) is 6. The van der Waals surface area contributed by atoms with E-state index in [0.717, 1.165) is 23.0 Å². The van der Waals surface area contributed by atoms with Crippen LogP contribution < -0.4 is 4.72 Å². The molecule has 10 heteroatoms. The van der Waals surface area contributed by atoms with Crippen molar-refractivity contribution in [2.75, 3.05) is 4.72 Å². The second-order valence-corrected chi connectivity index (χ2v) is 12.5. The molecule has 0 amide bonds. The summed E-state index contributed by atoms with van der Waals surface area (Å²) in [7, 11) is -7.84. The zero-order valence-electron chi connectivity index (χ0n) is 18.3. The van der Waals surface area contributed by atoms with Crippen LogP contribution >= 0.6 is 11.3 Å². The molecule has 1 aromatic heterocycles. The Labute approximate surface area is 207 Å². The smallest absolute Gasteiger partial charge is 0.335 e. The number of nitrogens with one attached hydrogen (secondary N) is 1. The van der Waals surface area contributed by atoms with Crippen molar-refractivity contribution in [3.8, 4) is 0 Å². The molecular weight excluding hydrogens is 506 g/mol. The lowest BCUT2D eigenvalue weighted by atomic mass is 10.00. The number of carboxylic acid groups (broad SMARTS) is 1. The number of carbonyl (C=O) groups is 1. The maximum Gasteiger partial charge on any atom is 0.335 e. The molecule has 0 saturated carbocycles. The van der Waals surface area contributed by atoms with Crippen LogP contribution in [-0.2, 0) is 32.7 Å². The molecule has 4 aromatic rings. The van der Waals surface area contributed by atoms with Crippen molar-refractivity contribution in [3.05, 3.63) is 107 Å². The number of sulfone groups is 1. The molecule has 0 fully saturated rings. The van der Waals surface area contributed by atoms with Crippen molar-refractivity contribution in [3.63, 3.8) is 0 Å². The molecule has 1 heterocycles. The van der Waals surface area contributed by atoms with Gasteiger partial charge in [0.05, 0.1) is 15.4 Å². The maximum absolute atomic E-state index is 12.9. The number of sulfonamides is 1. The molecule has 0 aliphatic carbocycles. The van der Waals surface area contributed by atoms with E-state index in [2.05, 4.69) is 4.72 Å². The van der Waals surface area contributed by atoms with Crippen LogP contribution in [0.3, 0.4) is 0 Å². The monoisotopic (exact) mass is 527 g/mol. The standard InChI is InChI=1S/C25H21NO6S3/c27-25(28)23-12-5-4-8-19(23)14-13-18-7-6-9-20(15-18)26-35(31,32)24-16-22(17-33-24)34(29,30)21-10-2-1-3-11-21/h1-12,15-17,26H,13-14H2,(H,27,28). The molecule has 0 spiro atoms. The first-order chi connectivity index (χ1) is 16.7. The second-order valence-electron chi connectivity index (χ2n) is 7.69. The summed E-state index contributed by atoms with van der Waals surface area (Å²) in [6.07, 6.45) is 0.989. The molecular formula is C25H21NO6S3. The van der Waals surface area contributed by atoms with Crippen molar-refractivity contribution in [1.82, 2.24) is 0 Å². The minimum Gasteiger partial charge on any atom is -0.478 e. The van der Waals surface area contributed by atoms with Crippen LogP contribution in [0.1, 0.15) is 21.5 Å². The summed E-state index contributed by atoms with van der Waals surface area (Å²) in [6, 6.07) is 22.5. The summed E-state index contributed by atoms with van der Waals surface area (Å²) in [6.45, 7) is 0. The normalized spacial score (nSPS) is 11.8. The fourth-order valence-corrected chi connectivity index (χ4v) is 7.49. The number of anilines is 1. The number of aryl methyl sites for hydroxylation is 2. The van der Waals surface area contributed by atoms with E-state index in [0.29, 0.717) is 24.1 Å². The lowest BCUT2D eigenvalue weighted by Gasteiger charge is -2.09. The largest absolute Gasteiger partial charge is 0.478 e. The average molecular weight is 528 g/mol. The predicted molar refractivity (Wildman–Crippen MR) is 134 cm³/mol. The van der Waals surface area contributed by atoms with E-state index in [9.17, 15) is 26.7 Å². The summed E-state index contributed by atoms with van der Waals surface area (Å²) >= 11 is 0.828. The molecule has 180 valence electrons. The summed E-state index contributed by atoms with van der Waals surface area (Å²) in [5, 5.41) is 10.7. The van der Waals surface area contributed by atoms with E-state index in [-0.39, 0.29) is 19.6 Å². The van der Waals surface area contributed by atoms with E-state index in [4.69, 9.17) is 0 Å². The van der Waals surface area contributed by atoms with Gasteiger partial charge in [-0.15, -0.1) is 11.3 Å². The van der Waals surface area contributed by atoms with Crippen LogP contribution in [0.15, 0.2) is 104 Å². The Morgan fingerprint density at radius 3 is 2.26 bits per heavy atom. The third kappa shape index (κ3) is 5.61. The van der Waals surface area contributed by atoms with Crippen LogP contribution in [0.4, 0.5) is 5.69 Å². The van der Waals surface area contributed by atoms with Crippen LogP contribution in [0.5, 0.6) is 0 Å². The maximum atomic E-state index is 12.9. The van der Waals surface area contributed by atoms with Gasteiger partial charge in [-0.1, -0.05) is 48.5 Å². The number of aromatic carboxylic acids is 1. The van der Waals surface area contributed by atoms with Crippen molar-refractivity contribution in [2.45, 2.75) is 26.8 Å². The van der Waals surface area contributed by atoms with Crippen LogP contribution in [0.2, 0.25) is 0 Å². The van der Waals surface area contributed by atoms with Crippen LogP contribution in [0, 0.1) is 0 Å². The van der Waals surface area contributed by atoms with Gasteiger partial charge in [0.25, 0.3) is 10.0 Å². The Kier molecular flexibility index (Phi) is 7.06. The van der Waals surface area contributed by atoms with Gasteiger partial charge in [-0.3, -0.25) is 4.72 Å². The lowest BCUT2D eigenvalue weighted by Crippen LogP contribution is -2.12. The SMILES string of the molecule is O=C(O)c1ccccc1CCc1cccc(NS(=O)(=O)c2cc(S(=O)(=O)c3ccccc3)cs2)c1. The van der Waals surface area contributed by atoms with Crippen LogP contribution in [-0.4, -0.2) is 27.9 Å². The van der Waals surface area contributed by atoms with Gasteiger partial charge in [0.2, 0.25) is 9.84 Å². The van der Waals surface area contributed by atoms with E-state index in [1.807, 2.05) is 6.07 Å². The van der Waals surface area contributed by atoms with Gasteiger partial charge in [-0.25, -0.2) is 21.6 Å². The van der Waals surface area contributed by atoms with E-state index >= 15 is 0 Å². The molecule has 7 nitrogen and oxygen atoms in total. The van der Waals surface area contributed by atoms with Gasteiger partial charge in [0, 0.05) is 11.1 Å². The Morgan fingerprint density at radius 1 is 0.800 bits per heavy atom. The third-order valence-corrected chi connectivity index (χ3v) is 10.0. The lowest BCUT2D eigenvalue weighted by molar-refractivity contribution is 0.0695. The number of thiophene rings is 1. The summed E-state index contributed by atoms with van der Waals surface area (Å²) in [5.74, 6) is -0.994. The van der Waals surface area contributed by atoms with Crippen molar-refractivity contribution in [1.29, 1.82) is 0 Å². The molecule has 35 heavy (non-hydrogen) atoms. The first-order valence-corrected chi connectivity index (χ1v) is 14.3. The number of carboxylic acids is 1. The minimum absolute atomic E-state index is 0.0834. The minimum atomic E-state index is -4.01. The quantitative estimate of drug-likeness (QED) is 0.321. The third-order valence-electron chi connectivity index (χ3n) is 5.29. The van der Waals surface area contributed by atoms with Crippen molar-refractivity contribution >= 4 is 42.9 Å². The molecule has 4 rings (SSSR count). The van der Waals surface area contributed by atoms with Crippen LogP contribution in [0.25, 0.3) is 0 Å². The first-order valence-electron chi connectivity index (χ1n) is 10.5. The molecule has 0 atom stereocenters. The highest BCUT2D eigenvalue weighted by Gasteiger charge is 2.24. The summed E-state index contributed by atoms with van der Waals surface area (Å²) in [4.78, 5) is 11.4. The first kappa shape index (κ1) is 24.6. The predicted octanol–water partition coefficient (Wildman–Crippen LogP) is 4.87. The average Bonchev–Trinajstić information content (AvgIpc) is 3.36. The van der Waals surface area contributed by atoms with Gasteiger partial charge in [-0.05, 0) is 60.4 Å². The Morgan fingerprint density at radius 2 is 1.51 bits per heavy atom.